The maximum absolute atomic E-state index is 12.0. The van der Waals surface area contributed by atoms with Gasteiger partial charge in [0.1, 0.15) is 6.61 Å². The van der Waals surface area contributed by atoms with E-state index in [1.165, 1.54) is 18.5 Å². The van der Waals surface area contributed by atoms with E-state index in [0.29, 0.717) is 22.6 Å². The molecule has 1 aliphatic rings. The fourth-order valence-corrected chi connectivity index (χ4v) is 3.08. The fourth-order valence-electron chi connectivity index (χ4n) is 3.08. The molecule has 3 rings (SSSR count). The second-order valence-corrected chi connectivity index (χ2v) is 6.79. The van der Waals surface area contributed by atoms with Gasteiger partial charge in [-0.2, -0.15) is 0 Å². The Labute approximate surface area is 168 Å². The highest BCUT2D eigenvalue weighted by Gasteiger charge is 2.17. The van der Waals surface area contributed by atoms with Crippen molar-refractivity contribution in [1.29, 1.82) is 0 Å². The van der Waals surface area contributed by atoms with Crippen LogP contribution in [0.1, 0.15) is 42.5 Å². The zero-order valence-electron chi connectivity index (χ0n) is 15.9. The molecule has 0 saturated heterocycles. The summed E-state index contributed by atoms with van der Waals surface area (Å²) in [6.07, 6.45) is 6.71. The van der Waals surface area contributed by atoms with E-state index in [1.54, 1.807) is 18.2 Å². The summed E-state index contributed by atoms with van der Waals surface area (Å²) >= 11 is 0. The number of nitrogens with one attached hydrogen (secondary N) is 2. The molecule has 9 nitrogen and oxygen atoms in total. The van der Waals surface area contributed by atoms with E-state index in [4.69, 9.17) is 10.5 Å². The summed E-state index contributed by atoms with van der Waals surface area (Å²) in [4.78, 5) is 43.3. The topological polar surface area (TPSA) is 136 Å². The molecule has 0 spiro atoms. The third-order valence-electron chi connectivity index (χ3n) is 4.59. The number of hydrogen-bond donors (Lipinski definition) is 3. The molecule has 2 heterocycles. The van der Waals surface area contributed by atoms with Crippen molar-refractivity contribution in [2.45, 2.75) is 38.1 Å². The van der Waals surface area contributed by atoms with Crippen molar-refractivity contribution in [3.63, 3.8) is 0 Å². The van der Waals surface area contributed by atoms with Gasteiger partial charge in [-0.1, -0.05) is 12.8 Å². The number of nitrogens with two attached hydrogens (primary N) is 1. The minimum Gasteiger partial charge on any atom is -0.449 e. The number of hydrogen-bond acceptors (Lipinski definition) is 6. The lowest BCUT2D eigenvalue weighted by Crippen LogP contribution is -2.33. The minimum absolute atomic E-state index is 0.000269. The average molecular weight is 397 g/mol. The molecule has 1 fully saturated rings. The SMILES string of the molecule is NC(=O)c1ccnc(-c2ccc(NC(=O)CCOC(=O)NC3CCCC3)cn2)c1. The number of rotatable bonds is 7. The summed E-state index contributed by atoms with van der Waals surface area (Å²) in [5.41, 5.74) is 7.15. The van der Waals surface area contributed by atoms with Crippen LogP contribution in [0.25, 0.3) is 11.4 Å². The first-order chi connectivity index (χ1) is 14.0. The molecule has 0 radical (unpaired) electrons. The Balaban J connectivity index is 1.45. The largest absolute Gasteiger partial charge is 0.449 e. The van der Waals surface area contributed by atoms with Gasteiger partial charge in [0.2, 0.25) is 11.8 Å². The molecule has 2 aromatic rings. The molecule has 1 aliphatic carbocycles. The number of anilines is 1. The van der Waals surface area contributed by atoms with Crippen molar-refractivity contribution in [2.75, 3.05) is 11.9 Å². The van der Waals surface area contributed by atoms with Crippen molar-refractivity contribution in [3.05, 3.63) is 42.2 Å². The molecule has 0 aromatic carbocycles. The molecule has 3 amide bonds. The first kappa shape index (κ1) is 20.2. The van der Waals surface area contributed by atoms with Gasteiger partial charge in [0.05, 0.1) is 29.7 Å². The number of carbonyl (C=O) groups excluding carboxylic acids is 3. The van der Waals surface area contributed by atoms with Crippen molar-refractivity contribution in [3.8, 4) is 11.4 Å². The van der Waals surface area contributed by atoms with E-state index in [2.05, 4.69) is 20.6 Å². The van der Waals surface area contributed by atoms with Gasteiger partial charge < -0.3 is 21.1 Å². The maximum atomic E-state index is 12.0. The maximum Gasteiger partial charge on any atom is 0.407 e. The molecule has 0 atom stereocenters. The highest BCUT2D eigenvalue weighted by molar-refractivity contribution is 5.93. The quantitative estimate of drug-likeness (QED) is 0.655. The van der Waals surface area contributed by atoms with Crippen molar-refractivity contribution in [1.82, 2.24) is 15.3 Å². The second kappa shape index (κ2) is 9.63. The van der Waals surface area contributed by atoms with Crippen LogP contribution in [0.3, 0.4) is 0 Å². The Morgan fingerprint density at radius 1 is 1.10 bits per heavy atom. The third-order valence-corrected chi connectivity index (χ3v) is 4.59. The zero-order valence-corrected chi connectivity index (χ0v) is 15.9. The van der Waals surface area contributed by atoms with Crippen LogP contribution in [-0.4, -0.2) is 40.5 Å². The third kappa shape index (κ3) is 6.00. The molecule has 29 heavy (non-hydrogen) atoms. The van der Waals surface area contributed by atoms with Crippen LogP contribution in [0.2, 0.25) is 0 Å². The van der Waals surface area contributed by atoms with E-state index < -0.39 is 12.0 Å². The Kier molecular flexibility index (Phi) is 6.72. The van der Waals surface area contributed by atoms with Crippen LogP contribution in [0.5, 0.6) is 0 Å². The number of aromatic nitrogens is 2. The first-order valence-electron chi connectivity index (χ1n) is 9.46. The zero-order chi connectivity index (χ0) is 20.6. The number of ether oxygens (including phenoxy) is 1. The molecule has 2 aromatic heterocycles. The van der Waals surface area contributed by atoms with Crippen LogP contribution in [-0.2, 0) is 9.53 Å². The molecule has 4 N–H and O–H groups in total. The van der Waals surface area contributed by atoms with Crippen LogP contribution in [0.15, 0.2) is 36.7 Å². The number of primary amides is 1. The lowest BCUT2D eigenvalue weighted by Gasteiger charge is -2.12. The van der Waals surface area contributed by atoms with Crippen LogP contribution in [0, 0.1) is 0 Å². The first-order valence-corrected chi connectivity index (χ1v) is 9.46. The van der Waals surface area contributed by atoms with E-state index >= 15 is 0 Å². The second-order valence-electron chi connectivity index (χ2n) is 6.79. The Hall–Kier alpha value is -3.49. The normalized spacial score (nSPS) is 13.7. The molecule has 0 bridgehead atoms. The molecule has 9 heteroatoms. The van der Waals surface area contributed by atoms with E-state index in [-0.39, 0.29) is 25.0 Å². The van der Waals surface area contributed by atoms with Gasteiger partial charge in [-0.15, -0.1) is 0 Å². The Bertz CT molecular complexity index is 879. The van der Waals surface area contributed by atoms with Gasteiger partial charge in [0.25, 0.3) is 0 Å². The molecular formula is C20H23N5O4. The minimum atomic E-state index is -0.545. The molecule has 0 aliphatic heterocycles. The van der Waals surface area contributed by atoms with Crippen LogP contribution < -0.4 is 16.4 Å². The van der Waals surface area contributed by atoms with E-state index in [9.17, 15) is 14.4 Å². The summed E-state index contributed by atoms with van der Waals surface area (Å²) in [5, 5.41) is 5.49. The summed E-state index contributed by atoms with van der Waals surface area (Å²) < 4.78 is 5.05. The van der Waals surface area contributed by atoms with Gasteiger partial charge in [-0.3, -0.25) is 19.6 Å². The van der Waals surface area contributed by atoms with Gasteiger partial charge in [-0.25, -0.2) is 4.79 Å². The predicted octanol–water partition coefficient (Wildman–Crippen LogP) is 2.24. The van der Waals surface area contributed by atoms with Crippen LogP contribution in [0.4, 0.5) is 10.5 Å². The van der Waals surface area contributed by atoms with Crippen molar-refractivity contribution in [2.24, 2.45) is 5.73 Å². The average Bonchev–Trinajstić information content (AvgIpc) is 3.21. The van der Waals surface area contributed by atoms with Crippen LogP contribution >= 0.6 is 0 Å². The molecule has 0 unspecified atom stereocenters. The molecular weight excluding hydrogens is 374 g/mol. The number of amides is 3. The number of carbonyl (C=O) groups is 3. The monoisotopic (exact) mass is 397 g/mol. The number of alkyl carbamates (subject to hydrolysis) is 1. The lowest BCUT2D eigenvalue weighted by molar-refractivity contribution is -0.116. The predicted molar refractivity (Wildman–Crippen MR) is 106 cm³/mol. The van der Waals surface area contributed by atoms with Gasteiger partial charge in [0, 0.05) is 17.8 Å². The number of pyridine rings is 2. The fraction of sp³-hybridized carbons (Fsp3) is 0.350. The smallest absolute Gasteiger partial charge is 0.407 e. The highest BCUT2D eigenvalue weighted by atomic mass is 16.5. The van der Waals surface area contributed by atoms with Gasteiger partial charge >= 0.3 is 6.09 Å². The highest BCUT2D eigenvalue weighted by Crippen LogP contribution is 2.18. The van der Waals surface area contributed by atoms with Gasteiger partial charge in [0.15, 0.2) is 0 Å². The Morgan fingerprint density at radius 2 is 1.90 bits per heavy atom. The van der Waals surface area contributed by atoms with Crippen molar-refractivity contribution >= 4 is 23.6 Å². The summed E-state index contributed by atoms with van der Waals surface area (Å²) in [5.74, 6) is -0.834. The standard InChI is InChI=1S/C20H23N5O4/c21-19(27)13-7-9-22-17(11-13)16-6-5-15(12-23-16)24-18(26)8-10-29-20(28)25-14-3-1-2-4-14/h5-7,9,11-12,14H,1-4,8,10H2,(H2,21,27)(H,24,26)(H,25,28). The van der Waals surface area contributed by atoms with Crippen molar-refractivity contribution < 1.29 is 19.1 Å². The van der Waals surface area contributed by atoms with Gasteiger partial charge in [-0.05, 0) is 37.1 Å². The summed E-state index contributed by atoms with van der Waals surface area (Å²) in [6, 6.07) is 6.60. The molecule has 1 saturated carbocycles. The number of nitrogens with zero attached hydrogens (tertiary/aromatic N) is 2. The molecule has 152 valence electrons. The summed E-state index contributed by atoms with van der Waals surface area (Å²) in [6.45, 7) is -0.000269. The summed E-state index contributed by atoms with van der Waals surface area (Å²) in [7, 11) is 0. The Morgan fingerprint density at radius 3 is 2.59 bits per heavy atom. The lowest BCUT2D eigenvalue weighted by atomic mass is 10.1. The van der Waals surface area contributed by atoms with E-state index in [0.717, 1.165) is 25.7 Å². The van der Waals surface area contributed by atoms with E-state index in [1.807, 2.05) is 0 Å².